The highest BCUT2D eigenvalue weighted by molar-refractivity contribution is 6.07. The van der Waals surface area contributed by atoms with E-state index < -0.39 is 0 Å². The zero-order valence-electron chi connectivity index (χ0n) is 21.4. The summed E-state index contributed by atoms with van der Waals surface area (Å²) in [5.41, 5.74) is 1.02. The Morgan fingerprint density at radius 3 is 2.26 bits per heavy atom. The monoisotopic (exact) mass is 479 g/mol. The van der Waals surface area contributed by atoms with E-state index in [0.717, 1.165) is 82.5 Å². The van der Waals surface area contributed by atoms with Crippen LogP contribution < -0.4 is 4.90 Å². The van der Waals surface area contributed by atoms with Gasteiger partial charge in [0.15, 0.2) is 11.4 Å². The van der Waals surface area contributed by atoms with E-state index in [9.17, 15) is 9.59 Å². The molecular formula is C28H41N5O2. The number of piperidine rings is 1. The van der Waals surface area contributed by atoms with Crippen molar-refractivity contribution in [3.8, 4) is 0 Å². The van der Waals surface area contributed by atoms with Gasteiger partial charge in [-0.1, -0.05) is 39.0 Å². The van der Waals surface area contributed by atoms with Gasteiger partial charge in [0.05, 0.1) is 5.39 Å². The van der Waals surface area contributed by atoms with Crippen molar-refractivity contribution in [2.45, 2.75) is 84.0 Å². The average molecular weight is 480 g/mol. The fourth-order valence-corrected chi connectivity index (χ4v) is 6.21. The van der Waals surface area contributed by atoms with Crippen LogP contribution in [-0.4, -0.2) is 64.1 Å². The summed E-state index contributed by atoms with van der Waals surface area (Å²) in [6, 6.07) is 4.02. The van der Waals surface area contributed by atoms with Crippen molar-refractivity contribution in [3.63, 3.8) is 0 Å². The van der Waals surface area contributed by atoms with E-state index in [2.05, 4.69) is 16.7 Å². The molecule has 0 unspecified atom stereocenters. The van der Waals surface area contributed by atoms with Crippen LogP contribution in [-0.2, 0) is 0 Å². The topological polar surface area (TPSA) is 71.3 Å². The number of Topliss-reactive ketones (excluding diaryl/α,β-unsaturated/α-hetero) is 1. The van der Waals surface area contributed by atoms with Crippen molar-refractivity contribution in [2.24, 2.45) is 11.8 Å². The molecule has 1 saturated carbocycles. The van der Waals surface area contributed by atoms with Gasteiger partial charge < -0.3 is 9.80 Å². The van der Waals surface area contributed by atoms with E-state index in [1.54, 1.807) is 0 Å². The molecule has 0 aromatic carbocycles. The Morgan fingerprint density at radius 2 is 1.57 bits per heavy atom. The molecule has 3 aliphatic rings. The van der Waals surface area contributed by atoms with E-state index in [1.165, 1.54) is 36.8 Å². The first-order valence-electron chi connectivity index (χ1n) is 14.1. The summed E-state index contributed by atoms with van der Waals surface area (Å²) in [5.74, 6) is 1.36. The number of likely N-dealkylation sites (tertiary alicyclic amines) is 1. The first-order chi connectivity index (χ1) is 17.1. The maximum Gasteiger partial charge on any atom is 0.251 e. The number of ketones is 1. The molecule has 0 amide bonds. The van der Waals surface area contributed by atoms with Crippen molar-refractivity contribution < 1.29 is 9.59 Å². The van der Waals surface area contributed by atoms with Crippen LogP contribution in [0.5, 0.6) is 0 Å². The van der Waals surface area contributed by atoms with Gasteiger partial charge in [0.2, 0.25) is 0 Å². The lowest BCUT2D eigenvalue weighted by molar-refractivity contribution is 0.0789. The van der Waals surface area contributed by atoms with Crippen molar-refractivity contribution in [1.29, 1.82) is 0 Å². The summed E-state index contributed by atoms with van der Waals surface area (Å²) >= 11 is 0. The third-order valence-electron chi connectivity index (χ3n) is 8.50. The Balaban J connectivity index is 1.45. The molecule has 4 heterocycles. The molecule has 1 aliphatic carbocycles. The summed E-state index contributed by atoms with van der Waals surface area (Å²) in [6.07, 6.45) is 12.6. The van der Waals surface area contributed by atoms with Crippen molar-refractivity contribution >= 4 is 28.5 Å². The lowest BCUT2D eigenvalue weighted by atomic mass is 9.89. The summed E-state index contributed by atoms with van der Waals surface area (Å²) in [6.45, 7) is 7.37. The molecule has 7 heteroatoms. The molecule has 0 N–H and O–H groups in total. The lowest BCUT2D eigenvalue weighted by Crippen LogP contribution is -2.34. The highest BCUT2D eigenvalue weighted by Crippen LogP contribution is 2.30. The molecule has 2 saturated heterocycles. The molecule has 2 aromatic rings. The lowest BCUT2D eigenvalue weighted by Gasteiger charge is -2.30. The largest absolute Gasteiger partial charge is 0.357 e. The normalized spacial score (nSPS) is 21.3. The number of pyridine rings is 1. The fraction of sp³-hybridized carbons (Fsp3) is 0.714. The van der Waals surface area contributed by atoms with Gasteiger partial charge >= 0.3 is 0 Å². The standard InChI is InChI=1S/C28H41N5O2/c1-2-31-18-14-21(15-19-31)20-24(34)26-23-12-13-25(32-16-8-3-4-9-17-32)29-27(23)33(30-26)28(35)22-10-6-5-7-11-22/h12-13,21-22H,2-11,14-20H2,1H3. The Kier molecular flexibility index (Phi) is 7.81. The number of fused-ring (bicyclic) bond motifs is 1. The van der Waals surface area contributed by atoms with Crippen LogP contribution in [0.1, 0.15) is 99.3 Å². The third kappa shape index (κ3) is 5.45. The minimum absolute atomic E-state index is 0.0168. The van der Waals surface area contributed by atoms with Gasteiger partial charge in [0, 0.05) is 25.4 Å². The van der Waals surface area contributed by atoms with Gasteiger partial charge in [-0.05, 0) is 76.2 Å². The summed E-state index contributed by atoms with van der Waals surface area (Å²) in [5, 5.41) is 5.43. The van der Waals surface area contributed by atoms with Gasteiger partial charge in [-0.25, -0.2) is 4.98 Å². The zero-order chi connectivity index (χ0) is 24.2. The van der Waals surface area contributed by atoms with Crippen molar-refractivity contribution in [3.05, 3.63) is 17.8 Å². The number of carbonyl (C=O) groups is 2. The number of aromatic nitrogens is 3. The number of hydrogen-bond donors (Lipinski definition) is 0. The highest BCUT2D eigenvalue weighted by atomic mass is 16.2. The van der Waals surface area contributed by atoms with Crippen LogP contribution in [0.4, 0.5) is 5.82 Å². The molecule has 0 atom stereocenters. The second-order valence-corrected chi connectivity index (χ2v) is 10.9. The van der Waals surface area contributed by atoms with Crippen LogP contribution in [0, 0.1) is 11.8 Å². The third-order valence-corrected chi connectivity index (χ3v) is 8.50. The summed E-state index contributed by atoms with van der Waals surface area (Å²) < 4.78 is 1.50. The summed E-state index contributed by atoms with van der Waals surface area (Å²) in [7, 11) is 0. The van der Waals surface area contributed by atoms with Gasteiger partial charge in [0.25, 0.3) is 5.91 Å². The number of nitrogens with zero attached hydrogens (tertiary/aromatic N) is 5. The molecule has 0 radical (unpaired) electrons. The van der Waals surface area contributed by atoms with E-state index in [0.29, 0.717) is 23.7 Å². The quantitative estimate of drug-likeness (QED) is 0.521. The Labute approximate surface area is 209 Å². The van der Waals surface area contributed by atoms with Gasteiger partial charge in [-0.2, -0.15) is 9.78 Å². The van der Waals surface area contributed by atoms with Gasteiger partial charge in [0.1, 0.15) is 11.5 Å². The first-order valence-corrected chi connectivity index (χ1v) is 14.1. The molecule has 35 heavy (non-hydrogen) atoms. The van der Waals surface area contributed by atoms with Crippen LogP contribution in [0.25, 0.3) is 11.0 Å². The zero-order valence-corrected chi connectivity index (χ0v) is 21.4. The molecule has 0 spiro atoms. The first kappa shape index (κ1) is 24.4. The van der Waals surface area contributed by atoms with Crippen molar-refractivity contribution in [1.82, 2.24) is 19.7 Å². The predicted molar refractivity (Wildman–Crippen MR) is 139 cm³/mol. The Morgan fingerprint density at radius 1 is 0.886 bits per heavy atom. The smallest absolute Gasteiger partial charge is 0.251 e. The van der Waals surface area contributed by atoms with E-state index in [4.69, 9.17) is 10.1 Å². The van der Waals surface area contributed by atoms with Crippen LogP contribution >= 0.6 is 0 Å². The minimum Gasteiger partial charge on any atom is -0.357 e. The summed E-state index contributed by atoms with van der Waals surface area (Å²) in [4.78, 5) is 36.8. The van der Waals surface area contributed by atoms with E-state index in [-0.39, 0.29) is 17.6 Å². The van der Waals surface area contributed by atoms with Crippen LogP contribution in [0.2, 0.25) is 0 Å². The van der Waals surface area contributed by atoms with Crippen LogP contribution in [0.3, 0.4) is 0 Å². The fourth-order valence-electron chi connectivity index (χ4n) is 6.21. The second kappa shape index (κ2) is 11.2. The molecule has 3 fully saturated rings. The van der Waals surface area contributed by atoms with E-state index in [1.807, 2.05) is 12.1 Å². The number of carbonyl (C=O) groups excluding carboxylic acids is 2. The SMILES string of the molecule is CCN1CCC(CC(=O)c2nn(C(=O)C3CCCCC3)c3nc(N4CCCCCC4)ccc23)CC1. The maximum atomic E-state index is 13.6. The molecule has 5 rings (SSSR count). The second-order valence-electron chi connectivity index (χ2n) is 10.9. The predicted octanol–water partition coefficient (Wildman–Crippen LogP) is 5.34. The molecule has 190 valence electrons. The van der Waals surface area contributed by atoms with Gasteiger partial charge in [-0.3, -0.25) is 9.59 Å². The molecule has 0 bridgehead atoms. The van der Waals surface area contributed by atoms with Gasteiger partial charge in [-0.15, -0.1) is 0 Å². The van der Waals surface area contributed by atoms with Crippen molar-refractivity contribution in [2.75, 3.05) is 37.6 Å². The van der Waals surface area contributed by atoms with E-state index >= 15 is 0 Å². The number of rotatable bonds is 6. The Hall–Kier alpha value is -2.28. The van der Waals surface area contributed by atoms with Crippen LogP contribution in [0.15, 0.2) is 12.1 Å². The number of hydrogen-bond acceptors (Lipinski definition) is 6. The number of anilines is 1. The average Bonchev–Trinajstić information content (AvgIpc) is 3.07. The molecule has 2 aliphatic heterocycles. The minimum atomic E-state index is -0.0168. The highest BCUT2D eigenvalue weighted by Gasteiger charge is 2.30. The molecular weight excluding hydrogens is 438 g/mol. The molecule has 2 aromatic heterocycles. The maximum absolute atomic E-state index is 13.6. The Bertz CT molecular complexity index is 1030. The molecule has 7 nitrogen and oxygen atoms in total.